The largest absolute Gasteiger partial charge is 0.350 e. The van der Waals surface area contributed by atoms with E-state index in [0.29, 0.717) is 6.42 Å². The predicted molar refractivity (Wildman–Crippen MR) is 83.0 cm³/mol. The standard InChI is InChI=1S/C16H32N2O/c1-5-9-10-11-12-13-16(19)17-14-15-18(6-2,7-3)8-4/h10-11H,5-9,12-15H2,1-4H3/p+1/b11-10+. The molecule has 0 aromatic rings. The van der Waals surface area contributed by atoms with Gasteiger partial charge in [-0.15, -0.1) is 0 Å². The van der Waals surface area contributed by atoms with Crippen molar-refractivity contribution < 1.29 is 9.28 Å². The summed E-state index contributed by atoms with van der Waals surface area (Å²) in [4.78, 5) is 11.7. The number of unbranched alkanes of at least 4 members (excludes halogenated alkanes) is 1. The minimum Gasteiger partial charge on any atom is -0.350 e. The van der Waals surface area contributed by atoms with Crippen molar-refractivity contribution in [1.29, 1.82) is 0 Å². The number of nitrogens with one attached hydrogen (secondary N) is 1. The number of amides is 1. The molecule has 0 radical (unpaired) electrons. The average Bonchev–Trinajstić information content (AvgIpc) is 2.44. The zero-order valence-corrected chi connectivity index (χ0v) is 13.4. The van der Waals surface area contributed by atoms with Gasteiger partial charge in [0.15, 0.2) is 0 Å². The van der Waals surface area contributed by atoms with E-state index in [1.54, 1.807) is 0 Å². The molecule has 1 N–H and O–H groups in total. The molecule has 112 valence electrons. The normalized spacial score (nSPS) is 12.0. The van der Waals surface area contributed by atoms with Gasteiger partial charge in [-0.2, -0.15) is 0 Å². The molecule has 0 saturated heterocycles. The highest BCUT2D eigenvalue weighted by atomic mass is 16.1. The molecule has 0 heterocycles. The minimum atomic E-state index is 0.183. The summed E-state index contributed by atoms with van der Waals surface area (Å²) in [5, 5.41) is 3.04. The zero-order valence-electron chi connectivity index (χ0n) is 13.4. The summed E-state index contributed by atoms with van der Waals surface area (Å²) in [5.74, 6) is 0.183. The van der Waals surface area contributed by atoms with Crippen LogP contribution in [0.5, 0.6) is 0 Å². The van der Waals surface area contributed by atoms with Gasteiger partial charge in [0, 0.05) is 6.42 Å². The molecule has 0 fully saturated rings. The first kappa shape index (κ1) is 18.2. The van der Waals surface area contributed by atoms with Crippen molar-refractivity contribution in [3.63, 3.8) is 0 Å². The summed E-state index contributed by atoms with van der Waals surface area (Å²) in [6.45, 7) is 14.1. The molecule has 0 aliphatic heterocycles. The first-order chi connectivity index (χ1) is 9.14. The van der Waals surface area contributed by atoms with Gasteiger partial charge in [-0.05, 0) is 33.6 Å². The van der Waals surface area contributed by atoms with Crippen molar-refractivity contribution in [2.75, 3.05) is 32.7 Å². The smallest absolute Gasteiger partial charge is 0.220 e. The van der Waals surface area contributed by atoms with Gasteiger partial charge in [0.2, 0.25) is 5.91 Å². The van der Waals surface area contributed by atoms with E-state index in [0.717, 1.165) is 50.0 Å². The number of allylic oxidation sites excluding steroid dienone is 2. The Bertz CT molecular complexity index is 249. The monoisotopic (exact) mass is 269 g/mol. The molecule has 3 heteroatoms. The maximum atomic E-state index is 11.7. The Morgan fingerprint density at radius 3 is 2.11 bits per heavy atom. The highest BCUT2D eigenvalue weighted by Gasteiger charge is 2.19. The lowest BCUT2D eigenvalue weighted by Crippen LogP contribution is -2.51. The molecule has 0 spiro atoms. The Morgan fingerprint density at radius 2 is 1.58 bits per heavy atom. The zero-order chi connectivity index (χ0) is 14.6. The predicted octanol–water partition coefficient (Wildman–Crippen LogP) is 3.12. The Morgan fingerprint density at radius 1 is 1.00 bits per heavy atom. The van der Waals surface area contributed by atoms with Gasteiger partial charge < -0.3 is 9.80 Å². The SMILES string of the molecule is CCC/C=C/CCC(=O)NCC[N+](CC)(CC)CC. The summed E-state index contributed by atoms with van der Waals surface area (Å²) in [6.07, 6.45) is 8.05. The lowest BCUT2D eigenvalue weighted by atomic mass is 10.2. The molecule has 0 aliphatic carbocycles. The first-order valence-corrected chi connectivity index (χ1v) is 7.90. The molecule has 0 aromatic heterocycles. The maximum Gasteiger partial charge on any atom is 0.220 e. The van der Waals surface area contributed by atoms with Gasteiger partial charge in [-0.1, -0.05) is 25.5 Å². The van der Waals surface area contributed by atoms with Crippen LogP contribution in [0.2, 0.25) is 0 Å². The Labute approximate surface area is 119 Å². The number of hydrogen-bond acceptors (Lipinski definition) is 1. The van der Waals surface area contributed by atoms with E-state index in [4.69, 9.17) is 0 Å². The van der Waals surface area contributed by atoms with Crippen LogP contribution in [-0.2, 0) is 4.79 Å². The van der Waals surface area contributed by atoms with Crippen LogP contribution in [0.25, 0.3) is 0 Å². The summed E-state index contributed by atoms with van der Waals surface area (Å²) in [6, 6.07) is 0. The van der Waals surface area contributed by atoms with E-state index in [-0.39, 0.29) is 5.91 Å². The molecule has 1 amide bonds. The Kier molecular flexibility index (Phi) is 10.6. The van der Waals surface area contributed by atoms with Gasteiger partial charge in [0.25, 0.3) is 0 Å². The number of quaternary nitrogens is 1. The van der Waals surface area contributed by atoms with Gasteiger partial charge >= 0.3 is 0 Å². The van der Waals surface area contributed by atoms with Crippen molar-refractivity contribution >= 4 is 5.91 Å². The Hall–Kier alpha value is -0.830. The molecular weight excluding hydrogens is 236 g/mol. The number of rotatable bonds is 11. The summed E-state index contributed by atoms with van der Waals surface area (Å²) in [7, 11) is 0. The first-order valence-electron chi connectivity index (χ1n) is 7.90. The van der Waals surface area contributed by atoms with Crippen LogP contribution in [0.15, 0.2) is 12.2 Å². The molecule has 3 nitrogen and oxygen atoms in total. The molecule has 0 aromatic carbocycles. The van der Waals surface area contributed by atoms with Crippen molar-refractivity contribution in [2.45, 2.75) is 53.4 Å². The highest BCUT2D eigenvalue weighted by molar-refractivity contribution is 5.75. The van der Waals surface area contributed by atoms with Crippen LogP contribution in [0, 0.1) is 0 Å². The van der Waals surface area contributed by atoms with Crippen molar-refractivity contribution in [1.82, 2.24) is 5.32 Å². The number of carbonyl (C=O) groups excluding carboxylic acids is 1. The van der Waals surface area contributed by atoms with Gasteiger partial charge in [0.1, 0.15) is 0 Å². The fourth-order valence-corrected chi connectivity index (χ4v) is 2.28. The molecule has 0 atom stereocenters. The lowest BCUT2D eigenvalue weighted by Gasteiger charge is -2.35. The second-order valence-corrected chi connectivity index (χ2v) is 5.16. The number of nitrogens with zero attached hydrogens (tertiary/aromatic N) is 1. The number of hydrogen-bond donors (Lipinski definition) is 1. The van der Waals surface area contributed by atoms with Crippen LogP contribution in [0.1, 0.15) is 53.4 Å². The number of likely N-dealkylation sites (N-methyl/N-ethyl adjacent to an activating group) is 1. The highest BCUT2D eigenvalue weighted by Crippen LogP contribution is 2.04. The van der Waals surface area contributed by atoms with Crippen LogP contribution in [0.3, 0.4) is 0 Å². The molecule has 0 unspecified atom stereocenters. The lowest BCUT2D eigenvalue weighted by molar-refractivity contribution is -0.922. The molecule has 0 aliphatic rings. The van der Waals surface area contributed by atoms with Crippen molar-refractivity contribution in [3.8, 4) is 0 Å². The maximum absolute atomic E-state index is 11.7. The van der Waals surface area contributed by atoms with E-state index in [9.17, 15) is 4.79 Å². The third kappa shape index (κ3) is 8.04. The second-order valence-electron chi connectivity index (χ2n) is 5.16. The molecule has 0 saturated carbocycles. The van der Waals surface area contributed by atoms with Crippen LogP contribution >= 0.6 is 0 Å². The fourth-order valence-electron chi connectivity index (χ4n) is 2.28. The third-order valence-electron chi connectivity index (χ3n) is 4.08. The quantitative estimate of drug-likeness (QED) is 0.453. The van der Waals surface area contributed by atoms with Gasteiger partial charge in [-0.3, -0.25) is 4.79 Å². The fraction of sp³-hybridized carbons (Fsp3) is 0.812. The minimum absolute atomic E-state index is 0.183. The molecular formula is C16H33N2O+. The third-order valence-corrected chi connectivity index (χ3v) is 4.08. The van der Waals surface area contributed by atoms with Gasteiger partial charge in [-0.25, -0.2) is 0 Å². The molecule has 0 rings (SSSR count). The van der Waals surface area contributed by atoms with Crippen molar-refractivity contribution in [3.05, 3.63) is 12.2 Å². The van der Waals surface area contributed by atoms with E-state index < -0.39 is 0 Å². The van der Waals surface area contributed by atoms with E-state index in [2.05, 4.69) is 45.2 Å². The van der Waals surface area contributed by atoms with E-state index in [1.165, 1.54) is 6.42 Å². The number of carbonyl (C=O) groups is 1. The topological polar surface area (TPSA) is 29.1 Å². The van der Waals surface area contributed by atoms with Crippen LogP contribution in [0.4, 0.5) is 0 Å². The van der Waals surface area contributed by atoms with Gasteiger partial charge in [0.05, 0.1) is 32.7 Å². The summed E-state index contributed by atoms with van der Waals surface area (Å²) in [5.41, 5.74) is 0. The average molecular weight is 269 g/mol. The van der Waals surface area contributed by atoms with Crippen molar-refractivity contribution in [2.24, 2.45) is 0 Å². The molecule has 0 bridgehead atoms. The summed E-state index contributed by atoms with van der Waals surface area (Å²) >= 11 is 0. The van der Waals surface area contributed by atoms with Crippen LogP contribution < -0.4 is 5.32 Å². The second kappa shape index (κ2) is 11.0. The Balaban J connectivity index is 3.79. The van der Waals surface area contributed by atoms with E-state index >= 15 is 0 Å². The van der Waals surface area contributed by atoms with Crippen LogP contribution in [-0.4, -0.2) is 43.1 Å². The molecule has 19 heavy (non-hydrogen) atoms. The van der Waals surface area contributed by atoms with E-state index in [1.807, 2.05) is 0 Å². The summed E-state index contributed by atoms with van der Waals surface area (Å²) < 4.78 is 1.09.